The second kappa shape index (κ2) is 6.61. The van der Waals surface area contributed by atoms with Gasteiger partial charge in [-0.3, -0.25) is 0 Å². The molecule has 0 spiro atoms. The zero-order chi connectivity index (χ0) is 17.1. The largest absolute Gasteiger partial charge is 0.506 e. The molecule has 0 atom stereocenters. The van der Waals surface area contributed by atoms with Crippen molar-refractivity contribution < 1.29 is 9.84 Å². The molecule has 0 aliphatic carbocycles. The third kappa shape index (κ3) is 3.17. The number of rotatable bonds is 5. The molecular weight excluding hydrogens is 308 g/mol. The molecule has 24 heavy (non-hydrogen) atoms. The van der Waals surface area contributed by atoms with Gasteiger partial charge >= 0.3 is 0 Å². The Balaban J connectivity index is 1.86. The van der Waals surface area contributed by atoms with E-state index in [-0.39, 0.29) is 12.4 Å². The van der Waals surface area contributed by atoms with E-state index in [1.807, 2.05) is 13.0 Å². The van der Waals surface area contributed by atoms with Crippen molar-refractivity contribution in [2.24, 2.45) is 7.05 Å². The van der Waals surface area contributed by atoms with Crippen LogP contribution in [0.1, 0.15) is 24.0 Å². The summed E-state index contributed by atoms with van der Waals surface area (Å²) in [5, 5.41) is 17.8. The van der Waals surface area contributed by atoms with Gasteiger partial charge in [0.05, 0.1) is 11.4 Å². The van der Waals surface area contributed by atoms with Crippen LogP contribution in [0.25, 0.3) is 11.4 Å². The number of ether oxygens (including phenoxy) is 1. The van der Waals surface area contributed by atoms with Crippen LogP contribution in [0.15, 0.2) is 24.5 Å². The summed E-state index contributed by atoms with van der Waals surface area (Å²) in [7, 11) is 1.79. The molecule has 8 nitrogen and oxygen atoms in total. The summed E-state index contributed by atoms with van der Waals surface area (Å²) >= 11 is 0. The summed E-state index contributed by atoms with van der Waals surface area (Å²) in [4.78, 5) is 12.6. The highest BCUT2D eigenvalue weighted by Crippen LogP contribution is 2.23. The summed E-state index contributed by atoms with van der Waals surface area (Å²) in [6.45, 7) is 4.01. The molecule has 0 aromatic carbocycles. The van der Waals surface area contributed by atoms with Gasteiger partial charge in [-0.05, 0) is 25.5 Å². The average Bonchev–Trinajstić information content (AvgIpc) is 2.96. The van der Waals surface area contributed by atoms with Crippen LogP contribution in [0, 0.1) is 6.92 Å². The van der Waals surface area contributed by atoms with E-state index in [4.69, 9.17) is 4.74 Å². The Morgan fingerprint density at radius 1 is 1.25 bits per heavy atom. The number of hydrogen-bond acceptors (Lipinski definition) is 7. The lowest BCUT2D eigenvalue weighted by atomic mass is 10.2. The zero-order valence-electron chi connectivity index (χ0n) is 13.8. The highest BCUT2D eigenvalue weighted by atomic mass is 16.5. The van der Waals surface area contributed by atoms with Crippen LogP contribution in [0.5, 0.6) is 11.6 Å². The van der Waals surface area contributed by atoms with Gasteiger partial charge in [-0.15, -0.1) is 5.10 Å². The predicted octanol–water partition coefficient (Wildman–Crippen LogP) is 1.82. The molecule has 0 bridgehead atoms. The van der Waals surface area contributed by atoms with Gasteiger partial charge in [0.25, 0.3) is 0 Å². The van der Waals surface area contributed by atoms with Gasteiger partial charge in [-0.2, -0.15) is 0 Å². The maximum Gasteiger partial charge on any atom is 0.216 e. The van der Waals surface area contributed by atoms with Crippen LogP contribution in [0.4, 0.5) is 0 Å². The lowest BCUT2D eigenvalue weighted by Crippen LogP contribution is -2.06. The standard InChI is InChI=1S/C16H18N6O2/c1-4-11-7-15(18-9-17-11)24-8-13-16(20-21-22(13)3)12-5-6-14(23)10(2)19-12/h5-7,9,23H,4,8H2,1-3H3. The van der Waals surface area contributed by atoms with E-state index in [9.17, 15) is 5.11 Å². The first-order chi connectivity index (χ1) is 11.6. The third-order valence-corrected chi connectivity index (χ3v) is 3.66. The lowest BCUT2D eigenvalue weighted by molar-refractivity contribution is 0.282. The molecule has 3 heterocycles. The Kier molecular flexibility index (Phi) is 4.37. The van der Waals surface area contributed by atoms with Crippen molar-refractivity contribution in [1.29, 1.82) is 0 Å². The van der Waals surface area contributed by atoms with Crippen molar-refractivity contribution in [1.82, 2.24) is 29.9 Å². The zero-order valence-corrected chi connectivity index (χ0v) is 13.8. The fraction of sp³-hybridized carbons (Fsp3) is 0.312. The molecule has 0 radical (unpaired) electrons. The van der Waals surface area contributed by atoms with Crippen LogP contribution >= 0.6 is 0 Å². The van der Waals surface area contributed by atoms with E-state index in [0.29, 0.717) is 23.0 Å². The van der Waals surface area contributed by atoms with E-state index in [1.54, 1.807) is 30.8 Å². The predicted molar refractivity (Wildman–Crippen MR) is 86.4 cm³/mol. The fourth-order valence-corrected chi connectivity index (χ4v) is 2.21. The lowest BCUT2D eigenvalue weighted by Gasteiger charge is -2.08. The average molecular weight is 326 g/mol. The van der Waals surface area contributed by atoms with E-state index >= 15 is 0 Å². The Bertz CT molecular complexity index is 862. The molecule has 1 N–H and O–H groups in total. The first kappa shape index (κ1) is 15.9. The van der Waals surface area contributed by atoms with Crippen molar-refractivity contribution in [3.05, 3.63) is 41.6 Å². The highest BCUT2D eigenvalue weighted by Gasteiger charge is 2.16. The number of aromatic hydroxyl groups is 1. The second-order valence-corrected chi connectivity index (χ2v) is 5.30. The fourth-order valence-electron chi connectivity index (χ4n) is 2.21. The first-order valence-corrected chi connectivity index (χ1v) is 7.57. The number of aryl methyl sites for hydroxylation is 3. The third-order valence-electron chi connectivity index (χ3n) is 3.66. The van der Waals surface area contributed by atoms with Crippen molar-refractivity contribution in [2.45, 2.75) is 26.9 Å². The Labute approximate surface area is 139 Å². The minimum Gasteiger partial charge on any atom is -0.506 e. The number of nitrogens with zero attached hydrogens (tertiary/aromatic N) is 6. The molecule has 0 saturated heterocycles. The second-order valence-electron chi connectivity index (χ2n) is 5.30. The normalized spacial score (nSPS) is 10.8. The van der Waals surface area contributed by atoms with E-state index in [0.717, 1.165) is 17.8 Å². The number of aromatic nitrogens is 6. The molecule has 3 aromatic rings. The molecule has 124 valence electrons. The quantitative estimate of drug-likeness (QED) is 0.763. The van der Waals surface area contributed by atoms with Crippen molar-refractivity contribution in [3.63, 3.8) is 0 Å². The Hall–Kier alpha value is -3.03. The summed E-state index contributed by atoms with van der Waals surface area (Å²) in [6.07, 6.45) is 2.30. The Morgan fingerprint density at radius 2 is 2.08 bits per heavy atom. The maximum atomic E-state index is 9.62. The van der Waals surface area contributed by atoms with Crippen molar-refractivity contribution in [2.75, 3.05) is 0 Å². The van der Waals surface area contributed by atoms with Gasteiger partial charge in [0, 0.05) is 18.8 Å². The van der Waals surface area contributed by atoms with Crippen LogP contribution in [-0.2, 0) is 20.1 Å². The molecule has 0 fully saturated rings. The van der Waals surface area contributed by atoms with Gasteiger partial charge in [0.15, 0.2) is 0 Å². The van der Waals surface area contributed by atoms with Gasteiger partial charge in [-0.25, -0.2) is 19.6 Å². The monoisotopic (exact) mass is 326 g/mol. The number of pyridine rings is 1. The molecular formula is C16H18N6O2. The molecule has 0 saturated carbocycles. The van der Waals surface area contributed by atoms with Crippen molar-refractivity contribution in [3.8, 4) is 23.0 Å². The first-order valence-electron chi connectivity index (χ1n) is 7.57. The molecule has 0 aliphatic heterocycles. The molecule has 0 unspecified atom stereocenters. The molecule has 0 aliphatic rings. The maximum absolute atomic E-state index is 9.62. The molecule has 3 aromatic heterocycles. The minimum absolute atomic E-state index is 0.147. The number of hydrogen-bond donors (Lipinski definition) is 1. The molecule has 8 heteroatoms. The summed E-state index contributed by atoms with van der Waals surface area (Å²) in [5.41, 5.74) is 3.47. The van der Waals surface area contributed by atoms with Crippen LogP contribution in [-0.4, -0.2) is 35.1 Å². The SMILES string of the molecule is CCc1cc(OCc2c(-c3ccc(O)c(C)n3)nnn2C)ncn1. The van der Waals surface area contributed by atoms with Gasteiger partial charge in [0.1, 0.15) is 30.1 Å². The van der Waals surface area contributed by atoms with Gasteiger partial charge < -0.3 is 9.84 Å². The Morgan fingerprint density at radius 3 is 2.83 bits per heavy atom. The van der Waals surface area contributed by atoms with Crippen LogP contribution < -0.4 is 4.74 Å². The topological polar surface area (TPSA) is 98.8 Å². The summed E-state index contributed by atoms with van der Waals surface area (Å²) < 4.78 is 7.40. The van der Waals surface area contributed by atoms with Crippen molar-refractivity contribution >= 4 is 0 Å². The van der Waals surface area contributed by atoms with Gasteiger partial charge in [-0.1, -0.05) is 12.1 Å². The van der Waals surface area contributed by atoms with Crippen LogP contribution in [0.3, 0.4) is 0 Å². The summed E-state index contributed by atoms with van der Waals surface area (Å²) in [6, 6.07) is 5.11. The van der Waals surface area contributed by atoms with E-state index in [1.165, 1.54) is 6.33 Å². The van der Waals surface area contributed by atoms with Gasteiger partial charge in [0.2, 0.25) is 5.88 Å². The minimum atomic E-state index is 0.147. The molecule has 3 rings (SSSR count). The molecule has 0 amide bonds. The highest BCUT2D eigenvalue weighted by molar-refractivity contribution is 5.57. The van der Waals surface area contributed by atoms with Crippen LogP contribution in [0.2, 0.25) is 0 Å². The van der Waals surface area contributed by atoms with E-state index < -0.39 is 0 Å². The smallest absolute Gasteiger partial charge is 0.216 e. The summed E-state index contributed by atoms with van der Waals surface area (Å²) in [5.74, 6) is 0.650. The van der Waals surface area contributed by atoms with E-state index in [2.05, 4.69) is 25.3 Å².